The summed E-state index contributed by atoms with van der Waals surface area (Å²) in [6.07, 6.45) is 1.55. The molecule has 1 aromatic carbocycles. The van der Waals surface area contributed by atoms with Gasteiger partial charge in [-0.15, -0.1) is 0 Å². The molecule has 0 saturated carbocycles. The lowest BCUT2D eigenvalue weighted by Gasteiger charge is -2.21. The largest absolute Gasteiger partial charge is 0.381 e. The molecule has 1 N–H and O–H groups in total. The fraction of sp³-hybridized carbons (Fsp3) is 0.417. The van der Waals surface area contributed by atoms with Gasteiger partial charge in [0.05, 0.1) is 10.7 Å². The summed E-state index contributed by atoms with van der Waals surface area (Å²) in [5.41, 5.74) is 0.650. The summed E-state index contributed by atoms with van der Waals surface area (Å²) < 4.78 is 6.12. The van der Waals surface area contributed by atoms with Crippen LogP contribution in [0.25, 0.3) is 0 Å². The molecule has 1 fully saturated rings. The van der Waals surface area contributed by atoms with Crippen LogP contribution in [0.15, 0.2) is 22.7 Å². The minimum Gasteiger partial charge on any atom is -0.381 e. The van der Waals surface area contributed by atoms with Crippen LogP contribution in [0.3, 0.4) is 0 Å². The van der Waals surface area contributed by atoms with E-state index in [2.05, 4.69) is 21.2 Å². The van der Waals surface area contributed by atoms with Gasteiger partial charge in [-0.2, -0.15) is 0 Å². The Hall–Kier alpha value is -0.580. The summed E-state index contributed by atoms with van der Waals surface area (Å²) in [6.45, 7) is 1.31. The van der Waals surface area contributed by atoms with Crippen LogP contribution in [-0.2, 0) is 9.53 Å². The van der Waals surface area contributed by atoms with Crippen LogP contribution in [0.2, 0.25) is 5.02 Å². The fourth-order valence-corrected chi connectivity index (χ4v) is 2.31. The Morgan fingerprint density at radius 3 is 2.82 bits per heavy atom. The Bertz CT molecular complexity index is 419. The molecule has 0 spiro atoms. The number of carbonyl (C=O) groups excluding carboxylic acids is 1. The lowest BCUT2D eigenvalue weighted by Crippen LogP contribution is -2.28. The van der Waals surface area contributed by atoms with Gasteiger partial charge in [-0.1, -0.05) is 27.5 Å². The predicted octanol–water partition coefficient (Wildman–Crippen LogP) is 3.47. The normalized spacial score (nSPS) is 16.8. The van der Waals surface area contributed by atoms with Gasteiger partial charge in [0.2, 0.25) is 5.91 Å². The molecule has 1 aliphatic rings. The van der Waals surface area contributed by atoms with Crippen molar-refractivity contribution in [2.75, 3.05) is 18.5 Å². The molecule has 0 bridgehead atoms. The second-order valence-corrected chi connectivity index (χ2v) is 5.32. The van der Waals surface area contributed by atoms with Gasteiger partial charge in [0.1, 0.15) is 0 Å². The van der Waals surface area contributed by atoms with E-state index in [0.29, 0.717) is 23.9 Å². The molecule has 5 heteroatoms. The summed E-state index contributed by atoms with van der Waals surface area (Å²) in [7, 11) is 0. The Morgan fingerprint density at radius 1 is 1.41 bits per heavy atom. The molecular formula is C12H13BrClNO2. The van der Waals surface area contributed by atoms with E-state index < -0.39 is 0 Å². The number of nitrogens with one attached hydrogen (secondary N) is 1. The number of ether oxygens (including phenoxy) is 1. The van der Waals surface area contributed by atoms with Gasteiger partial charge < -0.3 is 10.1 Å². The number of halogens is 2. The van der Waals surface area contributed by atoms with Crippen molar-refractivity contribution >= 4 is 39.1 Å². The number of benzene rings is 1. The molecule has 1 amide bonds. The lowest BCUT2D eigenvalue weighted by atomic mass is 9.99. The first kappa shape index (κ1) is 12.9. The van der Waals surface area contributed by atoms with Gasteiger partial charge in [0.15, 0.2) is 0 Å². The number of carbonyl (C=O) groups is 1. The van der Waals surface area contributed by atoms with E-state index in [4.69, 9.17) is 16.3 Å². The zero-order valence-corrected chi connectivity index (χ0v) is 11.6. The summed E-state index contributed by atoms with van der Waals surface area (Å²) in [6, 6.07) is 5.40. The monoisotopic (exact) mass is 317 g/mol. The van der Waals surface area contributed by atoms with Crippen LogP contribution >= 0.6 is 27.5 Å². The third kappa shape index (κ3) is 3.44. The molecule has 0 unspecified atom stereocenters. The topological polar surface area (TPSA) is 38.3 Å². The van der Waals surface area contributed by atoms with Crippen LogP contribution in [0, 0.1) is 5.92 Å². The first-order chi connectivity index (χ1) is 8.16. The summed E-state index contributed by atoms with van der Waals surface area (Å²) in [4.78, 5) is 12.0. The highest BCUT2D eigenvalue weighted by molar-refractivity contribution is 9.10. The smallest absolute Gasteiger partial charge is 0.227 e. The SMILES string of the molecule is O=C(Nc1cc(Br)ccc1Cl)C1CCOCC1. The van der Waals surface area contributed by atoms with Crippen molar-refractivity contribution in [3.63, 3.8) is 0 Å². The van der Waals surface area contributed by atoms with E-state index in [1.54, 1.807) is 12.1 Å². The van der Waals surface area contributed by atoms with E-state index in [0.717, 1.165) is 17.3 Å². The number of amides is 1. The molecule has 1 saturated heterocycles. The Balaban J connectivity index is 2.04. The molecule has 0 aliphatic carbocycles. The zero-order chi connectivity index (χ0) is 12.3. The molecule has 0 atom stereocenters. The van der Waals surface area contributed by atoms with Gasteiger partial charge >= 0.3 is 0 Å². The lowest BCUT2D eigenvalue weighted by molar-refractivity contribution is -0.122. The molecule has 1 aromatic rings. The predicted molar refractivity (Wildman–Crippen MR) is 71.3 cm³/mol. The zero-order valence-electron chi connectivity index (χ0n) is 9.21. The first-order valence-corrected chi connectivity index (χ1v) is 6.67. The van der Waals surface area contributed by atoms with Crippen molar-refractivity contribution < 1.29 is 9.53 Å². The second kappa shape index (κ2) is 5.85. The molecule has 1 heterocycles. The van der Waals surface area contributed by atoms with Crippen LogP contribution in [0.5, 0.6) is 0 Å². The molecule has 0 radical (unpaired) electrons. The van der Waals surface area contributed by atoms with Crippen LogP contribution in [0.4, 0.5) is 5.69 Å². The number of hydrogen-bond donors (Lipinski definition) is 1. The van der Waals surface area contributed by atoms with E-state index >= 15 is 0 Å². The van der Waals surface area contributed by atoms with Crippen molar-refractivity contribution in [2.45, 2.75) is 12.8 Å². The Kier molecular flexibility index (Phi) is 4.42. The minimum absolute atomic E-state index is 0.0216. The molecule has 17 heavy (non-hydrogen) atoms. The number of anilines is 1. The number of hydrogen-bond acceptors (Lipinski definition) is 2. The summed E-state index contributed by atoms with van der Waals surface area (Å²) in [5.74, 6) is 0.0482. The fourth-order valence-electron chi connectivity index (χ4n) is 1.79. The molecule has 2 rings (SSSR count). The second-order valence-electron chi connectivity index (χ2n) is 4.00. The van der Waals surface area contributed by atoms with E-state index in [9.17, 15) is 4.79 Å². The highest BCUT2D eigenvalue weighted by Gasteiger charge is 2.22. The molecule has 1 aliphatic heterocycles. The van der Waals surface area contributed by atoms with Crippen molar-refractivity contribution in [3.05, 3.63) is 27.7 Å². The average molecular weight is 319 g/mol. The van der Waals surface area contributed by atoms with Crippen molar-refractivity contribution in [2.24, 2.45) is 5.92 Å². The van der Waals surface area contributed by atoms with E-state index in [1.807, 2.05) is 6.07 Å². The van der Waals surface area contributed by atoms with Gasteiger partial charge in [-0.3, -0.25) is 4.79 Å². The van der Waals surface area contributed by atoms with Gasteiger partial charge in [-0.25, -0.2) is 0 Å². The quantitative estimate of drug-likeness (QED) is 0.907. The van der Waals surface area contributed by atoms with Crippen LogP contribution in [0.1, 0.15) is 12.8 Å². The van der Waals surface area contributed by atoms with Gasteiger partial charge in [0, 0.05) is 23.6 Å². The summed E-state index contributed by atoms with van der Waals surface area (Å²) in [5, 5.41) is 3.41. The van der Waals surface area contributed by atoms with Gasteiger partial charge in [-0.05, 0) is 31.0 Å². The Labute approximate surface area is 114 Å². The van der Waals surface area contributed by atoms with Crippen LogP contribution < -0.4 is 5.32 Å². The van der Waals surface area contributed by atoms with Crippen molar-refractivity contribution in [1.82, 2.24) is 0 Å². The maximum atomic E-state index is 12.0. The third-order valence-electron chi connectivity index (χ3n) is 2.78. The summed E-state index contributed by atoms with van der Waals surface area (Å²) >= 11 is 9.37. The average Bonchev–Trinajstić information content (AvgIpc) is 2.35. The highest BCUT2D eigenvalue weighted by atomic mass is 79.9. The molecular weight excluding hydrogens is 305 g/mol. The molecule has 92 valence electrons. The van der Waals surface area contributed by atoms with E-state index in [-0.39, 0.29) is 11.8 Å². The van der Waals surface area contributed by atoms with Crippen molar-refractivity contribution in [3.8, 4) is 0 Å². The standard InChI is InChI=1S/C12H13BrClNO2/c13-9-1-2-10(14)11(7-9)15-12(16)8-3-5-17-6-4-8/h1-2,7-8H,3-6H2,(H,15,16). The highest BCUT2D eigenvalue weighted by Crippen LogP contribution is 2.27. The van der Waals surface area contributed by atoms with E-state index in [1.165, 1.54) is 0 Å². The minimum atomic E-state index is 0.0216. The maximum absolute atomic E-state index is 12.0. The third-order valence-corrected chi connectivity index (χ3v) is 3.60. The number of rotatable bonds is 2. The van der Waals surface area contributed by atoms with Crippen molar-refractivity contribution in [1.29, 1.82) is 0 Å². The first-order valence-electron chi connectivity index (χ1n) is 5.50. The molecule has 0 aromatic heterocycles. The Morgan fingerprint density at radius 2 is 2.12 bits per heavy atom. The van der Waals surface area contributed by atoms with Gasteiger partial charge in [0.25, 0.3) is 0 Å². The maximum Gasteiger partial charge on any atom is 0.227 e. The molecule has 3 nitrogen and oxygen atoms in total. The van der Waals surface area contributed by atoms with Crippen LogP contribution in [-0.4, -0.2) is 19.1 Å².